The Morgan fingerprint density at radius 3 is 2.70 bits per heavy atom. The van der Waals surface area contributed by atoms with Crippen LogP contribution in [0.4, 0.5) is 4.39 Å². The summed E-state index contributed by atoms with van der Waals surface area (Å²) in [5, 5.41) is 1.28. The molecule has 3 aromatic rings. The molecule has 1 heterocycles. The standard InChI is InChI=1S/C18H14ClFO3/c1-2-11-7-17-13(9-14(11)19)12(8-18(21)23-17)10-22-16-6-4-3-5-15(16)20/h3-9H,2,10H2,1H3. The highest BCUT2D eigenvalue weighted by molar-refractivity contribution is 6.32. The summed E-state index contributed by atoms with van der Waals surface area (Å²) in [5.74, 6) is -0.323. The molecule has 1 aromatic heterocycles. The van der Waals surface area contributed by atoms with Crippen molar-refractivity contribution >= 4 is 22.6 Å². The number of benzene rings is 2. The summed E-state index contributed by atoms with van der Waals surface area (Å²) in [7, 11) is 0. The minimum atomic E-state index is -0.478. The van der Waals surface area contributed by atoms with Gasteiger partial charge in [0.05, 0.1) is 0 Å². The van der Waals surface area contributed by atoms with E-state index in [9.17, 15) is 9.18 Å². The molecule has 0 aliphatic heterocycles. The first-order valence-electron chi connectivity index (χ1n) is 7.21. The first kappa shape index (κ1) is 15.6. The number of halogens is 2. The smallest absolute Gasteiger partial charge is 0.336 e. The molecule has 3 rings (SSSR count). The normalized spacial score (nSPS) is 10.9. The second-order valence-electron chi connectivity index (χ2n) is 5.10. The number of hydrogen-bond acceptors (Lipinski definition) is 3. The van der Waals surface area contributed by atoms with Gasteiger partial charge in [-0.15, -0.1) is 0 Å². The van der Waals surface area contributed by atoms with Gasteiger partial charge < -0.3 is 9.15 Å². The molecule has 0 spiro atoms. The van der Waals surface area contributed by atoms with Crippen molar-refractivity contribution in [3.05, 3.63) is 74.9 Å². The average molecular weight is 333 g/mol. The van der Waals surface area contributed by atoms with Crippen LogP contribution in [0.1, 0.15) is 18.1 Å². The zero-order valence-electron chi connectivity index (χ0n) is 12.4. The number of para-hydroxylation sites is 1. The molecule has 0 aliphatic carbocycles. The van der Waals surface area contributed by atoms with Crippen molar-refractivity contribution in [2.45, 2.75) is 20.0 Å². The Labute approximate surface area is 137 Å². The predicted molar refractivity (Wildman–Crippen MR) is 87.6 cm³/mol. The lowest BCUT2D eigenvalue weighted by Crippen LogP contribution is -2.05. The minimum Gasteiger partial charge on any atom is -0.486 e. The van der Waals surface area contributed by atoms with E-state index in [2.05, 4.69) is 0 Å². The van der Waals surface area contributed by atoms with E-state index in [4.69, 9.17) is 20.8 Å². The Hall–Kier alpha value is -2.33. The van der Waals surface area contributed by atoms with Gasteiger partial charge in [0.15, 0.2) is 11.6 Å². The van der Waals surface area contributed by atoms with Crippen molar-refractivity contribution < 1.29 is 13.5 Å². The predicted octanol–water partition coefficient (Wildman–Crippen LogP) is 4.73. The third kappa shape index (κ3) is 3.22. The van der Waals surface area contributed by atoms with Gasteiger partial charge in [-0.2, -0.15) is 0 Å². The van der Waals surface area contributed by atoms with Crippen LogP contribution in [-0.2, 0) is 13.0 Å². The molecule has 0 N–H and O–H groups in total. The van der Waals surface area contributed by atoms with E-state index < -0.39 is 11.4 Å². The van der Waals surface area contributed by atoms with Crippen LogP contribution in [-0.4, -0.2) is 0 Å². The summed E-state index contributed by atoms with van der Waals surface area (Å²) >= 11 is 6.24. The molecular weight excluding hydrogens is 319 g/mol. The van der Waals surface area contributed by atoms with Gasteiger partial charge >= 0.3 is 5.63 Å². The average Bonchev–Trinajstić information content (AvgIpc) is 2.54. The molecule has 23 heavy (non-hydrogen) atoms. The van der Waals surface area contributed by atoms with Crippen LogP contribution in [0.5, 0.6) is 5.75 Å². The van der Waals surface area contributed by atoms with Gasteiger partial charge in [0.25, 0.3) is 0 Å². The zero-order chi connectivity index (χ0) is 16.4. The molecule has 118 valence electrons. The molecule has 0 fully saturated rings. The highest BCUT2D eigenvalue weighted by Crippen LogP contribution is 2.27. The lowest BCUT2D eigenvalue weighted by Gasteiger charge is -2.10. The molecular formula is C18H14ClFO3. The summed E-state index contributed by atoms with van der Waals surface area (Å²) in [4.78, 5) is 11.7. The topological polar surface area (TPSA) is 39.4 Å². The Kier molecular flexibility index (Phi) is 4.35. The maximum absolute atomic E-state index is 13.6. The molecule has 0 radical (unpaired) electrons. The van der Waals surface area contributed by atoms with E-state index in [1.807, 2.05) is 6.92 Å². The van der Waals surface area contributed by atoms with Crippen molar-refractivity contribution in [2.75, 3.05) is 0 Å². The first-order valence-corrected chi connectivity index (χ1v) is 7.58. The van der Waals surface area contributed by atoms with Crippen LogP contribution in [0.25, 0.3) is 11.0 Å². The SMILES string of the molecule is CCc1cc2oc(=O)cc(COc3ccccc3F)c2cc1Cl. The van der Waals surface area contributed by atoms with Gasteiger partial charge in [0, 0.05) is 22.0 Å². The van der Waals surface area contributed by atoms with Crippen LogP contribution < -0.4 is 10.4 Å². The fourth-order valence-corrected chi connectivity index (χ4v) is 2.69. The molecule has 0 atom stereocenters. The molecule has 3 nitrogen and oxygen atoms in total. The van der Waals surface area contributed by atoms with E-state index in [-0.39, 0.29) is 12.4 Å². The fourth-order valence-electron chi connectivity index (χ4n) is 2.40. The van der Waals surface area contributed by atoms with Crippen LogP contribution in [0.15, 0.2) is 51.7 Å². The number of aryl methyl sites for hydroxylation is 1. The highest BCUT2D eigenvalue weighted by Gasteiger charge is 2.11. The maximum atomic E-state index is 13.6. The minimum absolute atomic E-state index is 0.0465. The quantitative estimate of drug-likeness (QED) is 0.648. The highest BCUT2D eigenvalue weighted by atomic mass is 35.5. The van der Waals surface area contributed by atoms with E-state index in [0.717, 1.165) is 12.0 Å². The number of hydrogen-bond donors (Lipinski definition) is 0. The molecule has 2 aromatic carbocycles. The molecule has 0 saturated carbocycles. The molecule has 0 bridgehead atoms. The van der Waals surface area contributed by atoms with E-state index >= 15 is 0 Å². The van der Waals surface area contributed by atoms with Crippen LogP contribution in [0.2, 0.25) is 5.02 Å². The van der Waals surface area contributed by atoms with Crippen molar-refractivity contribution in [1.29, 1.82) is 0 Å². The van der Waals surface area contributed by atoms with Gasteiger partial charge in [-0.05, 0) is 36.2 Å². The molecule has 0 amide bonds. The van der Waals surface area contributed by atoms with Crippen LogP contribution in [0, 0.1) is 5.82 Å². The number of ether oxygens (including phenoxy) is 1. The number of fused-ring (bicyclic) bond motifs is 1. The summed E-state index contributed by atoms with van der Waals surface area (Å²) in [6, 6.07) is 11.0. The zero-order valence-corrected chi connectivity index (χ0v) is 13.2. The second kappa shape index (κ2) is 6.42. The Morgan fingerprint density at radius 2 is 1.96 bits per heavy atom. The van der Waals surface area contributed by atoms with Crippen LogP contribution in [0.3, 0.4) is 0 Å². The molecule has 0 saturated heterocycles. The summed E-state index contributed by atoms with van der Waals surface area (Å²) in [6.07, 6.45) is 0.731. The summed E-state index contributed by atoms with van der Waals surface area (Å²) in [5.41, 5.74) is 1.47. The van der Waals surface area contributed by atoms with Gasteiger partial charge in [-0.25, -0.2) is 9.18 Å². The Bertz CT molecular complexity index is 918. The van der Waals surface area contributed by atoms with Gasteiger partial charge in [0.2, 0.25) is 0 Å². The summed E-state index contributed by atoms with van der Waals surface area (Å²) in [6.45, 7) is 2.02. The Balaban J connectivity index is 2.01. The first-order chi connectivity index (χ1) is 11.1. The van der Waals surface area contributed by atoms with Gasteiger partial charge in [-0.3, -0.25) is 0 Å². The lowest BCUT2D eigenvalue weighted by atomic mass is 10.1. The second-order valence-corrected chi connectivity index (χ2v) is 5.51. The fraction of sp³-hybridized carbons (Fsp3) is 0.167. The van der Waals surface area contributed by atoms with E-state index in [1.54, 1.807) is 24.3 Å². The van der Waals surface area contributed by atoms with Gasteiger partial charge in [-0.1, -0.05) is 30.7 Å². The molecule has 0 aliphatic rings. The van der Waals surface area contributed by atoms with Crippen molar-refractivity contribution in [1.82, 2.24) is 0 Å². The lowest BCUT2D eigenvalue weighted by molar-refractivity contribution is 0.291. The Morgan fingerprint density at radius 1 is 1.17 bits per heavy atom. The van der Waals surface area contributed by atoms with E-state index in [0.29, 0.717) is 21.6 Å². The third-order valence-corrected chi connectivity index (χ3v) is 3.95. The van der Waals surface area contributed by atoms with E-state index in [1.165, 1.54) is 18.2 Å². The summed E-state index contributed by atoms with van der Waals surface area (Å²) < 4.78 is 24.3. The largest absolute Gasteiger partial charge is 0.486 e. The number of rotatable bonds is 4. The van der Waals surface area contributed by atoms with Crippen LogP contribution >= 0.6 is 11.6 Å². The van der Waals surface area contributed by atoms with Gasteiger partial charge in [0.1, 0.15) is 12.2 Å². The third-order valence-electron chi connectivity index (χ3n) is 3.60. The monoisotopic (exact) mass is 332 g/mol. The van der Waals surface area contributed by atoms with Crippen molar-refractivity contribution in [3.8, 4) is 5.75 Å². The molecule has 0 unspecified atom stereocenters. The van der Waals surface area contributed by atoms with Crippen molar-refractivity contribution in [3.63, 3.8) is 0 Å². The molecule has 5 heteroatoms. The van der Waals surface area contributed by atoms with Crippen molar-refractivity contribution in [2.24, 2.45) is 0 Å². The maximum Gasteiger partial charge on any atom is 0.336 e.